The predicted molar refractivity (Wildman–Crippen MR) is 100 cm³/mol. The molecule has 1 fully saturated rings. The van der Waals surface area contributed by atoms with Crippen molar-refractivity contribution in [2.45, 2.75) is 25.5 Å². The lowest BCUT2D eigenvalue weighted by molar-refractivity contribution is -0.130. The molecule has 0 bridgehead atoms. The Morgan fingerprint density at radius 2 is 1.79 bits per heavy atom. The van der Waals surface area contributed by atoms with E-state index in [9.17, 15) is 23.2 Å². The van der Waals surface area contributed by atoms with Crippen molar-refractivity contribution in [1.29, 1.82) is 0 Å². The molecule has 152 valence electrons. The van der Waals surface area contributed by atoms with E-state index >= 15 is 0 Å². The Labute approximate surface area is 165 Å². The molecule has 2 aromatic carbocycles. The maximum atomic E-state index is 12.4. The second-order valence-electron chi connectivity index (χ2n) is 6.40. The number of hydrogen-bond acceptors (Lipinski definition) is 4. The summed E-state index contributed by atoms with van der Waals surface area (Å²) in [5.41, 5.74) is 1.37. The fourth-order valence-electron chi connectivity index (χ4n) is 2.94. The molecule has 2 aromatic rings. The largest absolute Gasteiger partial charge is 0.435 e. The quantitative estimate of drug-likeness (QED) is 0.664. The number of urea groups is 1. The lowest BCUT2D eigenvalue weighted by atomic mass is 10.1. The molecule has 1 saturated heterocycles. The van der Waals surface area contributed by atoms with Crippen molar-refractivity contribution in [2.24, 2.45) is 0 Å². The lowest BCUT2D eigenvalue weighted by Gasteiger charge is -2.13. The first kappa shape index (κ1) is 20.2. The maximum Gasteiger partial charge on any atom is 0.387 e. The number of carbonyl (C=O) groups excluding carboxylic acids is 3. The number of imide groups is 1. The molecule has 1 atom stereocenters. The third-order valence-electron chi connectivity index (χ3n) is 4.34. The van der Waals surface area contributed by atoms with Gasteiger partial charge in [-0.25, -0.2) is 4.79 Å². The van der Waals surface area contributed by atoms with Crippen LogP contribution in [0.3, 0.4) is 0 Å². The summed E-state index contributed by atoms with van der Waals surface area (Å²) in [6.07, 6.45) is 1.04. The van der Waals surface area contributed by atoms with Gasteiger partial charge in [-0.2, -0.15) is 8.78 Å². The number of amides is 4. The first-order chi connectivity index (χ1) is 13.9. The number of nitrogens with zero attached hydrogens (tertiary/aromatic N) is 1. The maximum absolute atomic E-state index is 12.4. The minimum atomic E-state index is -2.94. The number of alkyl halides is 2. The number of ether oxygens (including phenoxy) is 1. The number of rotatable bonds is 8. The Bertz CT molecular complexity index is 875. The van der Waals surface area contributed by atoms with E-state index in [-0.39, 0.29) is 5.75 Å². The molecule has 0 spiro atoms. The monoisotopic (exact) mass is 403 g/mol. The van der Waals surface area contributed by atoms with Gasteiger partial charge in [-0.1, -0.05) is 30.3 Å². The van der Waals surface area contributed by atoms with Crippen LogP contribution in [0, 0.1) is 0 Å². The zero-order valence-corrected chi connectivity index (χ0v) is 15.3. The number of anilines is 1. The van der Waals surface area contributed by atoms with Crippen molar-refractivity contribution in [3.63, 3.8) is 0 Å². The van der Waals surface area contributed by atoms with E-state index in [1.165, 1.54) is 24.3 Å². The molecule has 1 unspecified atom stereocenters. The Balaban J connectivity index is 1.52. The Morgan fingerprint density at radius 3 is 2.45 bits per heavy atom. The van der Waals surface area contributed by atoms with Crippen LogP contribution >= 0.6 is 0 Å². The first-order valence-corrected chi connectivity index (χ1v) is 8.93. The summed E-state index contributed by atoms with van der Waals surface area (Å²) in [6.45, 7) is -3.38. The van der Waals surface area contributed by atoms with E-state index in [4.69, 9.17) is 0 Å². The van der Waals surface area contributed by atoms with Crippen molar-refractivity contribution < 1.29 is 27.9 Å². The summed E-state index contributed by atoms with van der Waals surface area (Å²) in [7, 11) is 0. The Kier molecular flexibility index (Phi) is 6.38. The summed E-state index contributed by atoms with van der Waals surface area (Å²) in [6, 6.07) is 13.6. The molecule has 4 amide bonds. The number of carbonyl (C=O) groups is 3. The van der Waals surface area contributed by atoms with E-state index in [0.29, 0.717) is 18.5 Å². The lowest BCUT2D eigenvalue weighted by Crippen LogP contribution is -2.38. The fraction of sp³-hybridized carbons (Fsp3) is 0.250. The van der Waals surface area contributed by atoms with Crippen LogP contribution in [0.5, 0.6) is 5.75 Å². The van der Waals surface area contributed by atoms with E-state index in [1.54, 1.807) is 0 Å². The molecular formula is C20H19F2N3O4. The van der Waals surface area contributed by atoms with Gasteiger partial charge in [-0.05, 0) is 42.7 Å². The predicted octanol–water partition coefficient (Wildman–Crippen LogP) is 2.78. The van der Waals surface area contributed by atoms with Gasteiger partial charge in [-0.3, -0.25) is 14.5 Å². The zero-order chi connectivity index (χ0) is 20.8. The number of halogens is 2. The zero-order valence-electron chi connectivity index (χ0n) is 15.3. The summed E-state index contributed by atoms with van der Waals surface area (Å²) in [5, 5.41) is 5.10. The van der Waals surface area contributed by atoms with Gasteiger partial charge in [0.15, 0.2) is 0 Å². The SMILES string of the molecule is O=C(CN1C(=O)NC(CCc2ccccc2)C1=O)Nc1ccc(OC(F)F)cc1. The average molecular weight is 403 g/mol. The minimum absolute atomic E-state index is 0.0478. The van der Waals surface area contributed by atoms with E-state index in [0.717, 1.165) is 10.5 Å². The first-order valence-electron chi connectivity index (χ1n) is 8.93. The van der Waals surface area contributed by atoms with Gasteiger partial charge >= 0.3 is 12.6 Å². The molecule has 3 rings (SSSR count). The number of benzene rings is 2. The molecule has 0 radical (unpaired) electrons. The molecule has 1 heterocycles. The van der Waals surface area contributed by atoms with Crippen molar-refractivity contribution in [3.8, 4) is 5.75 Å². The normalized spacial score (nSPS) is 16.1. The van der Waals surface area contributed by atoms with E-state index in [2.05, 4.69) is 15.4 Å². The van der Waals surface area contributed by atoms with Crippen LogP contribution in [0.4, 0.5) is 19.3 Å². The fourth-order valence-corrected chi connectivity index (χ4v) is 2.94. The van der Waals surface area contributed by atoms with Gasteiger partial charge < -0.3 is 15.4 Å². The highest BCUT2D eigenvalue weighted by molar-refractivity contribution is 6.07. The van der Waals surface area contributed by atoms with Crippen LogP contribution in [-0.4, -0.2) is 41.9 Å². The molecule has 0 aliphatic carbocycles. The molecule has 0 saturated carbocycles. The van der Waals surface area contributed by atoms with Crippen LogP contribution in [-0.2, 0) is 16.0 Å². The van der Waals surface area contributed by atoms with Gasteiger partial charge in [0.1, 0.15) is 18.3 Å². The van der Waals surface area contributed by atoms with Crippen LogP contribution in [0.1, 0.15) is 12.0 Å². The molecule has 29 heavy (non-hydrogen) atoms. The second kappa shape index (κ2) is 9.13. The highest BCUT2D eigenvalue weighted by Gasteiger charge is 2.38. The Morgan fingerprint density at radius 1 is 1.10 bits per heavy atom. The highest BCUT2D eigenvalue weighted by atomic mass is 19.3. The highest BCUT2D eigenvalue weighted by Crippen LogP contribution is 2.18. The van der Waals surface area contributed by atoms with Crippen LogP contribution in [0.15, 0.2) is 54.6 Å². The smallest absolute Gasteiger partial charge is 0.387 e. The molecule has 1 aliphatic rings. The number of aryl methyl sites for hydroxylation is 1. The molecule has 2 N–H and O–H groups in total. The third kappa shape index (κ3) is 5.50. The van der Waals surface area contributed by atoms with E-state index in [1.807, 2.05) is 30.3 Å². The molecular weight excluding hydrogens is 384 g/mol. The molecule has 9 heteroatoms. The van der Waals surface area contributed by atoms with Gasteiger partial charge in [0.05, 0.1) is 0 Å². The van der Waals surface area contributed by atoms with Crippen molar-refractivity contribution in [3.05, 3.63) is 60.2 Å². The topological polar surface area (TPSA) is 87.7 Å². The second-order valence-corrected chi connectivity index (χ2v) is 6.40. The van der Waals surface area contributed by atoms with Crippen LogP contribution in [0.25, 0.3) is 0 Å². The van der Waals surface area contributed by atoms with Crippen molar-refractivity contribution >= 4 is 23.5 Å². The average Bonchev–Trinajstić information content (AvgIpc) is 2.96. The van der Waals surface area contributed by atoms with E-state index < -0.39 is 37.0 Å². The standard InChI is InChI=1S/C20H19F2N3O4/c21-19(22)29-15-9-7-14(8-10-15)23-17(26)12-25-18(27)16(24-20(25)28)11-6-13-4-2-1-3-5-13/h1-5,7-10,16,19H,6,11-12H2,(H,23,26)(H,24,28). The van der Waals surface area contributed by atoms with Gasteiger partial charge in [0.2, 0.25) is 5.91 Å². The number of nitrogens with one attached hydrogen (secondary N) is 2. The molecule has 1 aliphatic heterocycles. The summed E-state index contributed by atoms with van der Waals surface area (Å²) < 4.78 is 28.5. The third-order valence-corrected chi connectivity index (χ3v) is 4.34. The van der Waals surface area contributed by atoms with Gasteiger partial charge in [0.25, 0.3) is 5.91 Å². The van der Waals surface area contributed by atoms with Crippen LogP contribution in [0.2, 0.25) is 0 Å². The van der Waals surface area contributed by atoms with Crippen molar-refractivity contribution in [2.75, 3.05) is 11.9 Å². The minimum Gasteiger partial charge on any atom is -0.435 e. The van der Waals surface area contributed by atoms with Gasteiger partial charge in [0, 0.05) is 5.69 Å². The summed E-state index contributed by atoms with van der Waals surface area (Å²) >= 11 is 0. The van der Waals surface area contributed by atoms with Gasteiger partial charge in [-0.15, -0.1) is 0 Å². The van der Waals surface area contributed by atoms with Crippen LogP contribution < -0.4 is 15.4 Å². The Hall–Kier alpha value is -3.49. The summed E-state index contributed by atoms with van der Waals surface area (Å²) in [5.74, 6) is -1.09. The van der Waals surface area contributed by atoms with Crippen molar-refractivity contribution in [1.82, 2.24) is 10.2 Å². The molecule has 0 aromatic heterocycles. The molecule has 7 nitrogen and oxygen atoms in total. The summed E-state index contributed by atoms with van der Waals surface area (Å²) in [4.78, 5) is 37.5. The number of hydrogen-bond donors (Lipinski definition) is 2.